The minimum Gasteiger partial charge on any atom is -0.289 e. The highest BCUT2D eigenvalue weighted by Gasteiger charge is 2.16. The lowest BCUT2D eigenvalue weighted by Gasteiger charge is -2.05. The molecule has 0 spiro atoms. The highest BCUT2D eigenvalue weighted by Crippen LogP contribution is 2.25. The van der Waals surface area contributed by atoms with E-state index in [0.717, 1.165) is 10.8 Å². The van der Waals surface area contributed by atoms with Gasteiger partial charge in [-0.15, -0.1) is 0 Å². The number of fused-ring (bicyclic) bond motifs is 5. The fourth-order valence-corrected chi connectivity index (χ4v) is 2.77. The minimum atomic E-state index is 0.0969. The van der Waals surface area contributed by atoms with Crippen molar-refractivity contribution in [3.63, 3.8) is 0 Å². The van der Waals surface area contributed by atoms with Crippen LogP contribution in [0.25, 0.3) is 23.3 Å². The van der Waals surface area contributed by atoms with Gasteiger partial charge in [0.2, 0.25) is 0 Å². The lowest BCUT2D eigenvalue weighted by molar-refractivity contribution is 0.104. The van der Waals surface area contributed by atoms with Gasteiger partial charge in [-0.1, -0.05) is 42.5 Å². The van der Waals surface area contributed by atoms with Gasteiger partial charge in [-0.3, -0.25) is 4.79 Å². The van der Waals surface area contributed by atoms with Crippen LogP contribution in [0.15, 0.2) is 48.6 Å². The summed E-state index contributed by atoms with van der Waals surface area (Å²) in [6, 6.07) is 12.3. The molecule has 0 bridgehead atoms. The zero-order valence-corrected chi connectivity index (χ0v) is 9.68. The third-order valence-electron chi connectivity index (χ3n) is 3.61. The molecule has 1 nitrogen and oxygen atoms in total. The number of benzene rings is 2. The van der Waals surface area contributed by atoms with E-state index in [2.05, 4.69) is 30.3 Å². The van der Waals surface area contributed by atoms with E-state index in [1.54, 1.807) is 6.08 Å². The Morgan fingerprint density at radius 2 is 1.61 bits per heavy atom. The predicted octanol–water partition coefficient (Wildman–Crippen LogP) is 2.03. The number of hydrogen-bond donors (Lipinski definition) is 0. The van der Waals surface area contributed by atoms with Gasteiger partial charge in [0.25, 0.3) is 0 Å². The van der Waals surface area contributed by atoms with Gasteiger partial charge >= 0.3 is 0 Å². The van der Waals surface area contributed by atoms with Gasteiger partial charge in [0.15, 0.2) is 5.78 Å². The molecule has 18 heavy (non-hydrogen) atoms. The first-order chi connectivity index (χ1) is 8.84. The van der Waals surface area contributed by atoms with Gasteiger partial charge in [-0.2, -0.15) is 0 Å². The van der Waals surface area contributed by atoms with E-state index in [1.165, 1.54) is 21.9 Å². The molecular weight excluding hydrogens is 220 g/mol. The van der Waals surface area contributed by atoms with E-state index in [-0.39, 0.29) is 5.78 Å². The normalized spacial score (nSPS) is 14.3. The van der Waals surface area contributed by atoms with Crippen molar-refractivity contribution < 1.29 is 4.79 Å². The number of allylic oxidation sites excluding steroid dienone is 2. The second-order valence-electron chi connectivity index (χ2n) is 4.61. The molecule has 0 saturated carbocycles. The lowest BCUT2D eigenvalue weighted by Crippen LogP contribution is -2.32. The number of carbonyl (C=O) groups is 1. The highest BCUT2D eigenvalue weighted by atomic mass is 16.1. The molecule has 0 heterocycles. The van der Waals surface area contributed by atoms with Crippen LogP contribution in [0.2, 0.25) is 0 Å². The topological polar surface area (TPSA) is 17.1 Å². The van der Waals surface area contributed by atoms with Crippen LogP contribution in [-0.4, -0.2) is 5.78 Å². The predicted molar refractivity (Wildman–Crippen MR) is 72.6 cm³/mol. The third kappa shape index (κ3) is 1.13. The average molecular weight is 230 g/mol. The van der Waals surface area contributed by atoms with Crippen molar-refractivity contribution in [1.29, 1.82) is 0 Å². The van der Waals surface area contributed by atoms with Crippen LogP contribution in [0.5, 0.6) is 0 Å². The van der Waals surface area contributed by atoms with Crippen molar-refractivity contribution in [2.45, 2.75) is 0 Å². The summed E-state index contributed by atoms with van der Waals surface area (Å²) in [7, 11) is 0. The fourth-order valence-electron chi connectivity index (χ4n) is 2.77. The maximum Gasteiger partial charge on any atom is 0.186 e. The Morgan fingerprint density at radius 1 is 0.778 bits per heavy atom. The molecule has 1 heteroatoms. The third-order valence-corrected chi connectivity index (χ3v) is 3.61. The summed E-state index contributed by atoms with van der Waals surface area (Å²) in [5, 5.41) is 2.22. The average Bonchev–Trinajstić information content (AvgIpc) is 2.78. The second kappa shape index (κ2) is 3.30. The van der Waals surface area contributed by atoms with E-state index in [4.69, 9.17) is 0 Å². The van der Waals surface area contributed by atoms with Crippen molar-refractivity contribution in [3.8, 4) is 11.1 Å². The highest BCUT2D eigenvalue weighted by molar-refractivity contribution is 6.07. The van der Waals surface area contributed by atoms with Crippen molar-refractivity contribution in [2.24, 2.45) is 0 Å². The van der Waals surface area contributed by atoms with Gasteiger partial charge in [-0.05, 0) is 45.3 Å². The minimum absolute atomic E-state index is 0.0969. The first-order valence-electron chi connectivity index (χ1n) is 6.01. The van der Waals surface area contributed by atoms with Crippen LogP contribution in [0.4, 0.5) is 0 Å². The molecule has 0 amide bonds. The van der Waals surface area contributed by atoms with Crippen LogP contribution in [-0.2, 0) is 0 Å². The zero-order chi connectivity index (χ0) is 12.1. The first kappa shape index (κ1) is 9.60. The molecule has 0 aliphatic heterocycles. The van der Waals surface area contributed by atoms with E-state index < -0.39 is 0 Å². The molecule has 0 atom stereocenters. The smallest absolute Gasteiger partial charge is 0.186 e. The molecule has 2 aliphatic carbocycles. The molecule has 2 aromatic rings. The fraction of sp³-hybridized carbons (Fsp3) is 0. The van der Waals surface area contributed by atoms with Crippen molar-refractivity contribution in [2.75, 3.05) is 0 Å². The number of rotatable bonds is 0. The summed E-state index contributed by atoms with van der Waals surface area (Å²) >= 11 is 0. The van der Waals surface area contributed by atoms with Gasteiger partial charge in [0, 0.05) is 5.56 Å². The van der Waals surface area contributed by atoms with Crippen molar-refractivity contribution >= 4 is 17.9 Å². The Kier molecular flexibility index (Phi) is 1.76. The number of carbonyl (C=O) groups excluding carboxylic acids is 1. The van der Waals surface area contributed by atoms with Gasteiger partial charge in [0.05, 0.1) is 0 Å². The quantitative estimate of drug-likeness (QED) is 0.577. The van der Waals surface area contributed by atoms with Gasteiger partial charge < -0.3 is 0 Å². The zero-order valence-electron chi connectivity index (χ0n) is 9.68. The largest absolute Gasteiger partial charge is 0.289 e. The molecule has 0 fully saturated rings. The van der Waals surface area contributed by atoms with E-state index >= 15 is 0 Å². The van der Waals surface area contributed by atoms with Crippen LogP contribution >= 0.6 is 0 Å². The summed E-state index contributed by atoms with van der Waals surface area (Å²) < 4.78 is 0. The molecule has 2 aliphatic rings. The van der Waals surface area contributed by atoms with Crippen LogP contribution in [0.1, 0.15) is 15.9 Å². The Bertz CT molecular complexity index is 838. The van der Waals surface area contributed by atoms with Crippen molar-refractivity contribution in [3.05, 3.63) is 70.1 Å². The summed E-state index contributed by atoms with van der Waals surface area (Å²) in [6.45, 7) is 0. The SMILES string of the molecule is O=C1C=CC=c2c1ccc1c2=Cc2ccccc2-1. The maximum absolute atomic E-state index is 11.8. The van der Waals surface area contributed by atoms with Gasteiger partial charge in [-0.25, -0.2) is 0 Å². The lowest BCUT2D eigenvalue weighted by atomic mass is 9.97. The van der Waals surface area contributed by atoms with E-state index in [1.807, 2.05) is 24.3 Å². The Hall–Kier alpha value is -2.41. The standard InChI is InChI=1S/C17H10O/c18-17-7-3-6-13-15(17)9-8-14-12-5-2-1-4-11(12)10-16(13)14/h1-10H. The molecule has 4 rings (SSSR count). The van der Waals surface area contributed by atoms with Crippen molar-refractivity contribution in [1.82, 2.24) is 0 Å². The van der Waals surface area contributed by atoms with Gasteiger partial charge in [0.1, 0.15) is 0 Å². The summed E-state index contributed by atoms with van der Waals surface area (Å²) in [4.78, 5) is 11.8. The number of ketones is 1. The molecule has 84 valence electrons. The summed E-state index contributed by atoms with van der Waals surface area (Å²) in [5.41, 5.74) is 4.52. The monoisotopic (exact) mass is 230 g/mol. The Balaban J connectivity index is 2.18. The molecular formula is C17H10O. The molecule has 0 radical (unpaired) electrons. The summed E-state index contributed by atoms with van der Waals surface area (Å²) in [5.74, 6) is 0.0969. The van der Waals surface area contributed by atoms with E-state index in [9.17, 15) is 4.79 Å². The molecule has 0 aromatic heterocycles. The molecule has 0 unspecified atom stereocenters. The molecule has 2 aromatic carbocycles. The number of hydrogen-bond acceptors (Lipinski definition) is 1. The Morgan fingerprint density at radius 3 is 2.56 bits per heavy atom. The van der Waals surface area contributed by atoms with E-state index in [0.29, 0.717) is 0 Å². The summed E-state index contributed by atoms with van der Waals surface area (Å²) in [6.07, 6.45) is 7.66. The molecule has 0 saturated heterocycles. The molecule has 0 N–H and O–H groups in total. The first-order valence-corrected chi connectivity index (χ1v) is 6.01. The maximum atomic E-state index is 11.8. The van der Waals surface area contributed by atoms with Crippen LogP contribution in [0, 0.1) is 0 Å². The Labute approximate surface area is 104 Å². The second-order valence-corrected chi connectivity index (χ2v) is 4.61. The van der Waals surface area contributed by atoms with Crippen LogP contribution < -0.4 is 10.4 Å². The van der Waals surface area contributed by atoms with Crippen LogP contribution in [0.3, 0.4) is 0 Å².